The third-order valence-corrected chi connectivity index (χ3v) is 10.1. The Labute approximate surface area is 286 Å². The molecule has 1 saturated carbocycles. The highest BCUT2D eigenvalue weighted by Crippen LogP contribution is 2.39. The van der Waals surface area contributed by atoms with Crippen LogP contribution < -0.4 is 15.5 Å². The third-order valence-electron chi connectivity index (χ3n) is 10.1. The molecule has 0 radical (unpaired) electrons. The van der Waals surface area contributed by atoms with E-state index >= 15 is 0 Å². The molecule has 10 heteroatoms. The van der Waals surface area contributed by atoms with Crippen LogP contribution in [-0.2, 0) is 0 Å². The number of benzene rings is 2. The minimum absolute atomic E-state index is 0.555. The van der Waals surface area contributed by atoms with Crippen LogP contribution in [0.4, 0.5) is 28.7 Å². The number of rotatable bonds is 8. The molecule has 0 spiro atoms. The van der Waals surface area contributed by atoms with Gasteiger partial charge in [-0.05, 0) is 104 Å². The molecule has 1 aliphatic carbocycles. The number of anilines is 5. The summed E-state index contributed by atoms with van der Waals surface area (Å²) in [5, 5.41) is 7.28. The van der Waals surface area contributed by atoms with Gasteiger partial charge in [-0.3, -0.25) is 0 Å². The van der Waals surface area contributed by atoms with E-state index in [1.807, 2.05) is 35.5 Å². The van der Waals surface area contributed by atoms with Gasteiger partial charge in [-0.1, -0.05) is 31.4 Å². The molecule has 4 aromatic rings. The number of hydrogen-bond acceptors (Lipinski definition) is 8. The van der Waals surface area contributed by atoms with E-state index in [9.17, 15) is 0 Å². The van der Waals surface area contributed by atoms with Crippen molar-refractivity contribution in [1.29, 1.82) is 0 Å². The highest BCUT2D eigenvalue weighted by Gasteiger charge is 2.32. The van der Waals surface area contributed by atoms with Crippen LogP contribution in [0, 0.1) is 0 Å². The first-order valence-electron chi connectivity index (χ1n) is 17.6. The minimum Gasteiger partial charge on any atom is -0.371 e. The molecule has 9 rings (SSSR count). The van der Waals surface area contributed by atoms with Gasteiger partial charge in [-0.2, -0.15) is 0 Å². The number of H-pyrrole nitrogens is 2. The Hall–Kier alpha value is -5.64. The van der Waals surface area contributed by atoms with E-state index in [2.05, 4.69) is 90.1 Å². The topological polar surface area (TPSA) is 112 Å². The Morgan fingerprint density at radius 3 is 2.18 bits per heavy atom. The van der Waals surface area contributed by atoms with E-state index in [1.54, 1.807) is 6.34 Å². The maximum atomic E-state index is 5.06. The molecule has 2 aromatic heterocycles. The van der Waals surface area contributed by atoms with Crippen molar-refractivity contribution in [2.45, 2.75) is 57.3 Å². The van der Waals surface area contributed by atoms with Gasteiger partial charge in [0.1, 0.15) is 18.0 Å². The Kier molecular flexibility index (Phi) is 7.68. The summed E-state index contributed by atoms with van der Waals surface area (Å²) < 4.78 is 0. The molecular weight excluding hydrogens is 608 g/mol. The number of allylic oxidation sites excluding steroid dienone is 2. The van der Waals surface area contributed by atoms with Crippen molar-refractivity contribution in [1.82, 2.24) is 14.9 Å². The molecule has 5 aliphatic rings. The summed E-state index contributed by atoms with van der Waals surface area (Å²) in [4.78, 5) is 30.3. The smallest absolute Gasteiger partial charge is 0.239 e. The number of guanidine groups is 2. The van der Waals surface area contributed by atoms with Gasteiger partial charge in [0.15, 0.2) is 0 Å². The molecule has 49 heavy (non-hydrogen) atoms. The van der Waals surface area contributed by atoms with Crippen LogP contribution in [0.3, 0.4) is 0 Å². The fraction of sp³-hybridized carbons (Fsp3) is 0.282. The fourth-order valence-corrected chi connectivity index (χ4v) is 7.63. The van der Waals surface area contributed by atoms with Gasteiger partial charge in [0.2, 0.25) is 11.9 Å². The van der Waals surface area contributed by atoms with Gasteiger partial charge in [0.25, 0.3) is 0 Å². The summed E-state index contributed by atoms with van der Waals surface area (Å²) in [5.41, 5.74) is 9.23. The average molecular weight is 649 g/mol. The number of hydrogen-bond donors (Lipinski definition) is 4. The quantitative estimate of drug-likeness (QED) is 0.153. The summed E-state index contributed by atoms with van der Waals surface area (Å²) in [6.07, 6.45) is 19.8. The lowest BCUT2D eigenvalue weighted by Gasteiger charge is -2.32. The first kappa shape index (κ1) is 29.5. The zero-order chi connectivity index (χ0) is 32.6. The fourth-order valence-electron chi connectivity index (χ4n) is 7.63. The van der Waals surface area contributed by atoms with Crippen molar-refractivity contribution < 1.29 is 0 Å². The standard InChI is InChI=1S/C39H40N10/c1-3-9-26(10-4-1)27-13-15-30(32(21-27)44-36-11-7-17-40-36)34-23-29-24-35(47-39-43-25-42-38(46-34)49(29)39)31-16-14-28(48-19-5-2-6-20-48)22-33(31)45-37-12-8-18-41-37/h7-8,11-18,21-26,40-41,44-45H,1-6,9-10,19-20H2. The number of piperidine rings is 1. The second-order valence-electron chi connectivity index (χ2n) is 13.4. The molecule has 0 atom stereocenters. The lowest BCUT2D eigenvalue weighted by Crippen LogP contribution is -2.40. The monoisotopic (exact) mass is 648 g/mol. The molecule has 10 nitrogen and oxygen atoms in total. The van der Waals surface area contributed by atoms with Crippen molar-refractivity contribution >= 4 is 58.4 Å². The van der Waals surface area contributed by atoms with Crippen molar-refractivity contribution in [2.75, 3.05) is 28.6 Å². The van der Waals surface area contributed by atoms with E-state index in [1.165, 1.54) is 62.6 Å². The van der Waals surface area contributed by atoms with E-state index in [-0.39, 0.29) is 0 Å². The van der Waals surface area contributed by atoms with Gasteiger partial charge in [0, 0.05) is 48.0 Å². The summed E-state index contributed by atoms with van der Waals surface area (Å²) in [6.45, 7) is 2.16. The van der Waals surface area contributed by atoms with Gasteiger partial charge in [0.05, 0.1) is 22.8 Å². The predicted molar refractivity (Wildman–Crippen MR) is 201 cm³/mol. The summed E-state index contributed by atoms with van der Waals surface area (Å²) in [7, 11) is 0. The molecule has 2 fully saturated rings. The normalized spacial score (nSPS) is 19.0. The molecule has 2 aromatic carbocycles. The summed E-state index contributed by atoms with van der Waals surface area (Å²) >= 11 is 0. The summed E-state index contributed by atoms with van der Waals surface area (Å²) in [5.74, 6) is 3.58. The lowest BCUT2D eigenvalue weighted by molar-refractivity contribution is 0.444. The van der Waals surface area contributed by atoms with Crippen LogP contribution in [0.1, 0.15) is 74.0 Å². The first-order valence-corrected chi connectivity index (χ1v) is 17.6. The van der Waals surface area contributed by atoms with E-state index in [0.29, 0.717) is 17.8 Å². The van der Waals surface area contributed by atoms with Gasteiger partial charge in [-0.25, -0.2) is 24.9 Å². The van der Waals surface area contributed by atoms with Gasteiger partial charge in [-0.15, -0.1) is 0 Å². The second-order valence-corrected chi connectivity index (χ2v) is 13.4. The Morgan fingerprint density at radius 1 is 0.694 bits per heavy atom. The maximum absolute atomic E-state index is 5.06. The third kappa shape index (κ3) is 5.88. The van der Waals surface area contributed by atoms with Crippen LogP contribution in [-0.4, -0.2) is 51.9 Å². The molecule has 0 amide bonds. The van der Waals surface area contributed by atoms with Crippen LogP contribution in [0.2, 0.25) is 0 Å². The largest absolute Gasteiger partial charge is 0.371 e. The molecule has 1 saturated heterocycles. The minimum atomic E-state index is 0.555. The molecular formula is C39H40N10. The Morgan fingerprint density at radius 2 is 1.43 bits per heavy atom. The number of aliphatic imine (C=N–C) groups is 4. The molecule has 0 unspecified atom stereocenters. The molecule has 4 aliphatic heterocycles. The molecule has 246 valence electrons. The number of nitrogens with one attached hydrogen (secondary N) is 4. The van der Waals surface area contributed by atoms with E-state index in [4.69, 9.17) is 9.98 Å². The van der Waals surface area contributed by atoms with Crippen molar-refractivity contribution in [3.8, 4) is 0 Å². The molecule has 4 N–H and O–H groups in total. The highest BCUT2D eigenvalue weighted by molar-refractivity contribution is 6.24. The van der Waals surface area contributed by atoms with Crippen LogP contribution in [0.25, 0.3) is 5.70 Å². The van der Waals surface area contributed by atoms with Crippen molar-refractivity contribution in [3.05, 3.63) is 108 Å². The predicted octanol–water partition coefficient (Wildman–Crippen LogP) is 8.67. The SMILES string of the molecule is C1=NC2=NC(c3ccc(N4CCCCC4)cc3Nc3ccc[nH]3)=CC3=CC(c4ccc(C5CCCCC5)cc4Nc4ccc[nH]4)=NC(=N1)N32. The maximum Gasteiger partial charge on any atom is 0.239 e. The zero-order valence-corrected chi connectivity index (χ0v) is 27.5. The van der Waals surface area contributed by atoms with E-state index < -0.39 is 0 Å². The second kappa shape index (κ2) is 12.8. The Bertz CT molecular complexity index is 1930. The zero-order valence-electron chi connectivity index (χ0n) is 27.5. The molecule has 6 heterocycles. The van der Waals surface area contributed by atoms with Gasteiger partial charge >= 0.3 is 0 Å². The Balaban J connectivity index is 1.12. The van der Waals surface area contributed by atoms with Crippen molar-refractivity contribution in [3.63, 3.8) is 0 Å². The average Bonchev–Trinajstić information content (AvgIpc) is 3.87. The number of aromatic nitrogens is 2. The van der Waals surface area contributed by atoms with Gasteiger partial charge < -0.3 is 25.5 Å². The van der Waals surface area contributed by atoms with Crippen molar-refractivity contribution in [2.24, 2.45) is 20.0 Å². The first-order chi connectivity index (χ1) is 24.2. The van der Waals surface area contributed by atoms with E-state index in [0.717, 1.165) is 64.3 Å². The number of aromatic amines is 2. The van der Waals surface area contributed by atoms with Crippen LogP contribution in [0.5, 0.6) is 0 Å². The lowest BCUT2D eigenvalue weighted by atomic mass is 9.83. The summed E-state index contributed by atoms with van der Waals surface area (Å²) in [6, 6.07) is 21.6. The molecule has 0 bridgehead atoms. The number of nitrogens with zero attached hydrogens (tertiary/aromatic N) is 6. The van der Waals surface area contributed by atoms with Crippen LogP contribution in [0.15, 0.2) is 111 Å². The van der Waals surface area contributed by atoms with Crippen LogP contribution >= 0.6 is 0 Å². The highest BCUT2D eigenvalue weighted by atomic mass is 15.4.